The van der Waals surface area contributed by atoms with Gasteiger partial charge in [-0.3, -0.25) is 0 Å². The summed E-state index contributed by atoms with van der Waals surface area (Å²) < 4.78 is 1.22. The summed E-state index contributed by atoms with van der Waals surface area (Å²) in [6, 6.07) is 5.45. The van der Waals surface area contributed by atoms with Crippen LogP contribution in [0.1, 0.15) is 30.7 Å². The molecule has 0 bridgehead atoms. The van der Waals surface area contributed by atoms with E-state index in [-0.39, 0.29) is 0 Å². The quantitative estimate of drug-likeness (QED) is 0.922. The highest BCUT2D eigenvalue weighted by molar-refractivity contribution is 9.11. The first-order valence-electron chi connectivity index (χ1n) is 5.85. The van der Waals surface area contributed by atoms with Crippen molar-refractivity contribution in [1.29, 1.82) is 0 Å². The Bertz CT molecular complexity index is 340. The van der Waals surface area contributed by atoms with Gasteiger partial charge >= 0.3 is 0 Å². The van der Waals surface area contributed by atoms with Crippen LogP contribution in [0.5, 0.6) is 0 Å². The maximum Gasteiger partial charge on any atom is 0.0701 e. The lowest BCUT2D eigenvalue weighted by atomic mass is 10.1. The number of piperidine rings is 1. The molecule has 1 saturated heterocycles. The molecule has 0 saturated carbocycles. The average Bonchev–Trinajstić information content (AvgIpc) is 2.65. The Morgan fingerprint density at radius 1 is 1.56 bits per heavy atom. The molecule has 1 N–H and O–H groups in total. The van der Waals surface area contributed by atoms with E-state index in [1.165, 1.54) is 34.6 Å². The first kappa shape index (κ1) is 12.6. The number of rotatable bonds is 3. The molecule has 4 heteroatoms. The van der Waals surface area contributed by atoms with Gasteiger partial charge in [0.15, 0.2) is 0 Å². The molecule has 2 unspecified atom stereocenters. The fourth-order valence-electron chi connectivity index (χ4n) is 2.30. The molecule has 0 spiro atoms. The summed E-state index contributed by atoms with van der Waals surface area (Å²) in [5.74, 6) is 0. The number of likely N-dealkylation sites (tertiary alicyclic amines) is 1. The van der Waals surface area contributed by atoms with Gasteiger partial charge in [0.05, 0.1) is 3.79 Å². The van der Waals surface area contributed by atoms with Crippen LogP contribution < -0.4 is 5.32 Å². The van der Waals surface area contributed by atoms with Gasteiger partial charge in [0.1, 0.15) is 0 Å². The summed E-state index contributed by atoms with van der Waals surface area (Å²) in [4.78, 5) is 3.83. The summed E-state index contributed by atoms with van der Waals surface area (Å²) in [6.07, 6.45) is 2.62. The lowest BCUT2D eigenvalue weighted by Crippen LogP contribution is -2.44. The minimum Gasteiger partial charge on any atom is -0.305 e. The van der Waals surface area contributed by atoms with E-state index in [1.807, 2.05) is 11.3 Å². The highest BCUT2D eigenvalue weighted by Crippen LogP contribution is 2.27. The van der Waals surface area contributed by atoms with Gasteiger partial charge in [0, 0.05) is 23.5 Å². The van der Waals surface area contributed by atoms with E-state index in [1.54, 1.807) is 0 Å². The lowest BCUT2D eigenvalue weighted by molar-refractivity contribution is 0.219. The Morgan fingerprint density at radius 2 is 2.38 bits per heavy atom. The van der Waals surface area contributed by atoms with Crippen molar-refractivity contribution in [1.82, 2.24) is 10.2 Å². The van der Waals surface area contributed by atoms with E-state index in [2.05, 4.69) is 52.3 Å². The van der Waals surface area contributed by atoms with Crippen molar-refractivity contribution in [2.45, 2.75) is 31.8 Å². The number of hydrogen-bond donors (Lipinski definition) is 1. The van der Waals surface area contributed by atoms with Gasteiger partial charge in [-0.05, 0) is 61.4 Å². The molecule has 2 atom stereocenters. The number of nitrogens with one attached hydrogen (secondary N) is 1. The van der Waals surface area contributed by atoms with Crippen LogP contribution in [-0.2, 0) is 0 Å². The molecule has 2 heterocycles. The average molecular weight is 303 g/mol. The summed E-state index contributed by atoms with van der Waals surface area (Å²) in [5, 5.41) is 3.73. The molecular weight excluding hydrogens is 284 g/mol. The van der Waals surface area contributed by atoms with Crippen molar-refractivity contribution in [2.24, 2.45) is 0 Å². The van der Waals surface area contributed by atoms with Crippen LogP contribution in [0.4, 0.5) is 0 Å². The molecule has 16 heavy (non-hydrogen) atoms. The summed E-state index contributed by atoms with van der Waals surface area (Å²) >= 11 is 5.34. The lowest BCUT2D eigenvalue weighted by Gasteiger charge is -2.32. The largest absolute Gasteiger partial charge is 0.305 e. The van der Waals surface area contributed by atoms with E-state index in [0.29, 0.717) is 12.1 Å². The second-order valence-electron chi connectivity index (χ2n) is 4.63. The van der Waals surface area contributed by atoms with Crippen molar-refractivity contribution in [3.8, 4) is 0 Å². The van der Waals surface area contributed by atoms with Crippen LogP contribution in [0.3, 0.4) is 0 Å². The molecule has 90 valence electrons. The zero-order valence-electron chi connectivity index (χ0n) is 9.87. The van der Waals surface area contributed by atoms with Crippen LogP contribution in [0.15, 0.2) is 15.9 Å². The maximum atomic E-state index is 3.73. The van der Waals surface area contributed by atoms with E-state index >= 15 is 0 Å². The topological polar surface area (TPSA) is 15.3 Å². The Morgan fingerprint density at radius 3 is 3.00 bits per heavy atom. The van der Waals surface area contributed by atoms with Crippen molar-refractivity contribution in [2.75, 3.05) is 20.1 Å². The zero-order valence-corrected chi connectivity index (χ0v) is 12.3. The Hall–Kier alpha value is 0.1000. The first-order chi connectivity index (χ1) is 7.65. The fraction of sp³-hybridized carbons (Fsp3) is 0.667. The van der Waals surface area contributed by atoms with Crippen molar-refractivity contribution < 1.29 is 0 Å². The smallest absolute Gasteiger partial charge is 0.0701 e. The molecule has 0 radical (unpaired) electrons. The molecule has 1 aliphatic rings. The highest BCUT2D eigenvalue weighted by Gasteiger charge is 2.19. The molecule has 1 fully saturated rings. The molecule has 1 aliphatic heterocycles. The first-order valence-corrected chi connectivity index (χ1v) is 7.46. The Labute approximate surface area is 110 Å². The van der Waals surface area contributed by atoms with Gasteiger partial charge in [0.25, 0.3) is 0 Å². The maximum absolute atomic E-state index is 3.73. The van der Waals surface area contributed by atoms with E-state index in [0.717, 1.165) is 0 Å². The Balaban J connectivity index is 1.89. The molecule has 0 aliphatic carbocycles. The van der Waals surface area contributed by atoms with Crippen LogP contribution in [0.25, 0.3) is 0 Å². The summed E-state index contributed by atoms with van der Waals surface area (Å²) in [7, 11) is 2.21. The number of thiophene rings is 1. The molecular formula is C12H19BrN2S. The van der Waals surface area contributed by atoms with Crippen molar-refractivity contribution >= 4 is 27.3 Å². The third kappa shape index (κ3) is 3.29. The molecule has 0 aromatic carbocycles. The predicted molar refractivity (Wildman–Crippen MR) is 74.1 cm³/mol. The van der Waals surface area contributed by atoms with Gasteiger partial charge in [-0.15, -0.1) is 11.3 Å². The SMILES string of the molecule is CC(NC1CCCN(C)C1)c1ccc(Br)s1. The van der Waals surface area contributed by atoms with Crippen LogP contribution in [0, 0.1) is 0 Å². The van der Waals surface area contributed by atoms with Gasteiger partial charge in [0.2, 0.25) is 0 Å². The summed E-state index contributed by atoms with van der Waals surface area (Å²) in [5.41, 5.74) is 0. The zero-order chi connectivity index (χ0) is 11.5. The normalized spacial score (nSPS) is 24.6. The van der Waals surface area contributed by atoms with Crippen molar-refractivity contribution in [3.63, 3.8) is 0 Å². The monoisotopic (exact) mass is 302 g/mol. The standard InChI is InChI=1S/C12H19BrN2S/c1-9(11-5-6-12(13)16-11)14-10-4-3-7-15(2)8-10/h5-6,9-10,14H,3-4,7-8H2,1-2H3. The van der Waals surface area contributed by atoms with E-state index in [4.69, 9.17) is 0 Å². The minimum atomic E-state index is 0.466. The minimum absolute atomic E-state index is 0.466. The third-order valence-electron chi connectivity index (χ3n) is 3.13. The number of nitrogens with zero attached hydrogens (tertiary/aromatic N) is 1. The second-order valence-corrected chi connectivity index (χ2v) is 7.13. The third-order valence-corrected chi connectivity index (χ3v) is 4.94. The fourth-order valence-corrected chi connectivity index (χ4v) is 3.73. The number of halogens is 1. The molecule has 0 amide bonds. The van der Waals surface area contributed by atoms with Crippen LogP contribution in [0.2, 0.25) is 0 Å². The molecule has 1 aromatic heterocycles. The number of hydrogen-bond acceptors (Lipinski definition) is 3. The Kier molecular flexibility index (Phi) is 4.41. The van der Waals surface area contributed by atoms with Gasteiger partial charge in [-0.2, -0.15) is 0 Å². The molecule has 1 aromatic rings. The highest BCUT2D eigenvalue weighted by atomic mass is 79.9. The predicted octanol–water partition coefficient (Wildman–Crippen LogP) is 3.26. The van der Waals surface area contributed by atoms with E-state index in [9.17, 15) is 0 Å². The molecule has 2 rings (SSSR count). The van der Waals surface area contributed by atoms with Crippen LogP contribution in [-0.4, -0.2) is 31.1 Å². The van der Waals surface area contributed by atoms with Crippen molar-refractivity contribution in [3.05, 3.63) is 20.8 Å². The van der Waals surface area contributed by atoms with Gasteiger partial charge in [-0.25, -0.2) is 0 Å². The van der Waals surface area contributed by atoms with Crippen LogP contribution >= 0.6 is 27.3 Å². The van der Waals surface area contributed by atoms with Gasteiger partial charge in [-0.1, -0.05) is 0 Å². The van der Waals surface area contributed by atoms with E-state index < -0.39 is 0 Å². The number of likely N-dealkylation sites (N-methyl/N-ethyl adjacent to an activating group) is 1. The van der Waals surface area contributed by atoms with Gasteiger partial charge < -0.3 is 10.2 Å². The summed E-state index contributed by atoms with van der Waals surface area (Å²) in [6.45, 7) is 4.68. The second kappa shape index (κ2) is 5.63. The molecule has 2 nitrogen and oxygen atoms in total.